The van der Waals surface area contributed by atoms with Crippen LogP contribution in [0.25, 0.3) is 0 Å². The smallest absolute Gasteiger partial charge is 0.315 e. The Balaban J connectivity index is 2.43. The first kappa shape index (κ1) is 15.2. The van der Waals surface area contributed by atoms with Crippen molar-refractivity contribution >= 4 is 6.03 Å². The maximum absolute atomic E-state index is 11.6. The van der Waals surface area contributed by atoms with Gasteiger partial charge in [0.15, 0.2) is 0 Å². The van der Waals surface area contributed by atoms with Crippen LogP contribution in [0, 0.1) is 0 Å². The fourth-order valence-corrected chi connectivity index (χ4v) is 2.17. The first-order valence-corrected chi connectivity index (χ1v) is 6.60. The number of rotatable bonds is 5. The third-order valence-electron chi connectivity index (χ3n) is 3.02. The van der Waals surface area contributed by atoms with E-state index in [4.69, 9.17) is 10.5 Å². The molecule has 1 saturated heterocycles. The van der Waals surface area contributed by atoms with Gasteiger partial charge >= 0.3 is 6.03 Å². The number of aliphatic hydroxyl groups excluding tert-OH is 1. The van der Waals surface area contributed by atoms with E-state index in [0.717, 1.165) is 19.3 Å². The van der Waals surface area contributed by atoms with Gasteiger partial charge in [0.1, 0.15) is 6.10 Å². The third-order valence-corrected chi connectivity index (χ3v) is 3.02. The molecule has 0 aliphatic carbocycles. The normalized spacial score (nSPS) is 28.2. The molecule has 1 aliphatic rings. The van der Waals surface area contributed by atoms with E-state index in [1.165, 1.54) is 0 Å². The Kier molecular flexibility index (Phi) is 6.38. The molecule has 0 unspecified atom stereocenters. The molecule has 2 amide bonds. The van der Waals surface area contributed by atoms with Gasteiger partial charge < -0.3 is 26.2 Å². The van der Waals surface area contributed by atoms with Crippen molar-refractivity contribution in [2.45, 2.75) is 57.4 Å². The molecule has 18 heavy (non-hydrogen) atoms. The van der Waals surface area contributed by atoms with Crippen molar-refractivity contribution in [1.82, 2.24) is 10.6 Å². The summed E-state index contributed by atoms with van der Waals surface area (Å²) in [6, 6.07) is -0.260. The van der Waals surface area contributed by atoms with Crippen LogP contribution in [0.1, 0.15) is 33.1 Å². The zero-order valence-electron chi connectivity index (χ0n) is 11.2. The van der Waals surface area contributed by atoms with Crippen LogP contribution in [0.15, 0.2) is 0 Å². The summed E-state index contributed by atoms with van der Waals surface area (Å²) >= 11 is 0. The van der Waals surface area contributed by atoms with E-state index in [1.807, 2.05) is 13.8 Å². The van der Waals surface area contributed by atoms with Gasteiger partial charge in [-0.05, 0) is 39.7 Å². The number of urea groups is 1. The number of nitrogens with two attached hydrogens (primary N) is 1. The Morgan fingerprint density at radius 2 is 2.22 bits per heavy atom. The van der Waals surface area contributed by atoms with Gasteiger partial charge in [0.25, 0.3) is 0 Å². The number of hydrogen-bond donors (Lipinski definition) is 4. The van der Waals surface area contributed by atoms with Crippen LogP contribution in [0.4, 0.5) is 4.79 Å². The lowest BCUT2D eigenvalue weighted by Crippen LogP contribution is -2.54. The average molecular weight is 259 g/mol. The molecule has 1 fully saturated rings. The number of carbonyl (C=O) groups excluding carboxylic acids is 1. The van der Waals surface area contributed by atoms with Gasteiger partial charge in [-0.15, -0.1) is 0 Å². The van der Waals surface area contributed by atoms with Crippen molar-refractivity contribution in [3.05, 3.63) is 0 Å². The highest BCUT2D eigenvalue weighted by atomic mass is 16.5. The highest BCUT2D eigenvalue weighted by molar-refractivity contribution is 5.74. The standard InChI is InChI=1S/C12H25N3O3/c1-8(2)14-12(17)15-10-4-3-9(5-6-13)18-11(10)7-16/h8-11,16H,3-7,13H2,1-2H3,(H2,14,15,17)/t9-,10-,11+/m1/s1. The van der Waals surface area contributed by atoms with Crippen molar-refractivity contribution in [3.8, 4) is 0 Å². The van der Waals surface area contributed by atoms with Gasteiger partial charge in [-0.3, -0.25) is 0 Å². The number of ether oxygens (including phenoxy) is 1. The minimum Gasteiger partial charge on any atom is -0.394 e. The lowest BCUT2D eigenvalue weighted by atomic mass is 9.97. The number of hydrogen-bond acceptors (Lipinski definition) is 4. The van der Waals surface area contributed by atoms with Crippen LogP contribution >= 0.6 is 0 Å². The van der Waals surface area contributed by atoms with Crippen LogP contribution in [-0.2, 0) is 4.74 Å². The second-order valence-electron chi connectivity index (χ2n) is 5.01. The Labute approximate surface area is 108 Å². The number of aliphatic hydroxyl groups is 1. The average Bonchev–Trinajstić information content (AvgIpc) is 2.30. The van der Waals surface area contributed by atoms with Crippen LogP contribution in [-0.4, -0.2) is 48.6 Å². The number of nitrogens with one attached hydrogen (secondary N) is 2. The number of carbonyl (C=O) groups is 1. The third kappa shape index (κ3) is 4.80. The highest BCUT2D eigenvalue weighted by Crippen LogP contribution is 2.21. The second kappa shape index (κ2) is 7.56. The summed E-state index contributed by atoms with van der Waals surface area (Å²) in [6.45, 7) is 4.29. The quantitative estimate of drug-likeness (QED) is 0.556. The van der Waals surface area contributed by atoms with E-state index in [1.54, 1.807) is 0 Å². The van der Waals surface area contributed by atoms with E-state index in [2.05, 4.69) is 10.6 Å². The van der Waals surface area contributed by atoms with Gasteiger partial charge in [0.2, 0.25) is 0 Å². The first-order chi connectivity index (χ1) is 8.56. The molecule has 0 radical (unpaired) electrons. The predicted octanol–water partition coefficient (Wildman–Crippen LogP) is -0.0487. The maximum atomic E-state index is 11.6. The highest BCUT2D eigenvalue weighted by Gasteiger charge is 2.31. The molecule has 5 N–H and O–H groups in total. The van der Waals surface area contributed by atoms with Crippen LogP contribution in [0.5, 0.6) is 0 Å². The van der Waals surface area contributed by atoms with Crippen molar-refractivity contribution in [2.75, 3.05) is 13.2 Å². The molecule has 106 valence electrons. The summed E-state index contributed by atoms with van der Waals surface area (Å²) in [6.07, 6.45) is 2.22. The molecular weight excluding hydrogens is 234 g/mol. The molecule has 0 spiro atoms. The summed E-state index contributed by atoms with van der Waals surface area (Å²) in [5.41, 5.74) is 5.49. The molecule has 1 aliphatic heterocycles. The molecule has 6 heteroatoms. The second-order valence-corrected chi connectivity index (χ2v) is 5.01. The summed E-state index contributed by atoms with van der Waals surface area (Å²) in [4.78, 5) is 11.6. The fourth-order valence-electron chi connectivity index (χ4n) is 2.17. The molecule has 0 bridgehead atoms. The van der Waals surface area contributed by atoms with E-state index in [0.29, 0.717) is 6.54 Å². The first-order valence-electron chi connectivity index (χ1n) is 6.60. The molecule has 3 atom stereocenters. The lowest BCUT2D eigenvalue weighted by Gasteiger charge is -2.36. The van der Waals surface area contributed by atoms with Gasteiger partial charge in [-0.1, -0.05) is 0 Å². The van der Waals surface area contributed by atoms with Crippen molar-refractivity contribution in [1.29, 1.82) is 0 Å². The van der Waals surface area contributed by atoms with Gasteiger partial charge in [-0.25, -0.2) is 4.79 Å². The monoisotopic (exact) mass is 259 g/mol. The van der Waals surface area contributed by atoms with Crippen molar-refractivity contribution in [3.63, 3.8) is 0 Å². The topological polar surface area (TPSA) is 96.6 Å². The Bertz CT molecular complexity index is 261. The molecule has 1 rings (SSSR count). The Morgan fingerprint density at radius 1 is 1.50 bits per heavy atom. The fraction of sp³-hybridized carbons (Fsp3) is 0.917. The predicted molar refractivity (Wildman–Crippen MR) is 69.2 cm³/mol. The van der Waals surface area contributed by atoms with Crippen LogP contribution in [0.3, 0.4) is 0 Å². The summed E-state index contributed by atoms with van der Waals surface area (Å²) in [7, 11) is 0. The van der Waals surface area contributed by atoms with Crippen LogP contribution in [0.2, 0.25) is 0 Å². The van der Waals surface area contributed by atoms with E-state index >= 15 is 0 Å². The van der Waals surface area contributed by atoms with Crippen molar-refractivity contribution in [2.24, 2.45) is 5.73 Å². The zero-order valence-corrected chi connectivity index (χ0v) is 11.2. The van der Waals surface area contributed by atoms with E-state index < -0.39 is 0 Å². The van der Waals surface area contributed by atoms with Gasteiger partial charge in [0, 0.05) is 6.04 Å². The molecular formula is C12H25N3O3. The molecule has 0 aromatic heterocycles. The van der Waals surface area contributed by atoms with Gasteiger partial charge in [0.05, 0.1) is 18.8 Å². The summed E-state index contributed by atoms with van der Waals surface area (Å²) in [5, 5.41) is 14.9. The van der Waals surface area contributed by atoms with Crippen molar-refractivity contribution < 1.29 is 14.6 Å². The SMILES string of the molecule is CC(C)NC(=O)N[C@@H]1CC[C@H](CCN)O[C@H]1CO. The Morgan fingerprint density at radius 3 is 2.78 bits per heavy atom. The van der Waals surface area contributed by atoms with E-state index in [-0.39, 0.29) is 36.9 Å². The maximum Gasteiger partial charge on any atom is 0.315 e. The molecule has 0 aromatic carbocycles. The molecule has 1 heterocycles. The summed E-state index contributed by atoms with van der Waals surface area (Å²) < 4.78 is 5.72. The van der Waals surface area contributed by atoms with E-state index in [9.17, 15) is 9.90 Å². The number of amides is 2. The van der Waals surface area contributed by atoms with Crippen LogP contribution < -0.4 is 16.4 Å². The summed E-state index contributed by atoms with van der Waals surface area (Å²) in [5.74, 6) is 0. The largest absolute Gasteiger partial charge is 0.394 e. The Hall–Kier alpha value is -0.850. The molecule has 0 saturated carbocycles. The molecule has 6 nitrogen and oxygen atoms in total. The molecule has 0 aromatic rings. The lowest BCUT2D eigenvalue weighted by molar-refractivity contribution is -0.0884. The minimum absolute atomic E-state index is 0.0896. The minimum atomic E-state index is -0.340. The van der Waals surface area contributed by atoms with Gasteiger partial charge in [-0.2, -0.15) is 0 Å². The zero-order chi connectivity index (χ0) is 13.5.